The van der Waals surface area contributed by atoms with Crippen molar-refractivity contribution in [2.75, 3.05) is 0 Å². The van der Waals surface area contributed by atoms with Crippen LogP contribution in [0.3, 0.4) is 0 Å². The van der Waals surface area contributed by atoms with E-state index in [0.29, 0.717) is 0 Å². The van der Waals surface area contributed by atoms with Crippen molar-refractivity contribution in [3.63, 3.8) is 0 Å². The SMILES string of the molecule is CCCCC=Nc1ccc(C)c(C)c1. The second-order valence-corrected chi connectivity index (χ2v) is 3.72. The molecule has 1 aromatic rings. The fourth-order valence-electron chi connectivity index (χ4n) is 1.27. The molecule has 0 unspecified atom stereocenters. The Hall–Kier alpha value is -1.11. The molecule has 14 heavy (non-hydrogen) atoms. The largest absolute Gasteiger partial charge is 0.261 e. The van der Waals surface area contributed by atoms with Crippen LogP contribution < -0.4 is 0 Å². The van der Waals surface area contributed by atoms with Crippen LogP contribution in [0.4, 0.5) is 5.69 Å². The molecule has 0 aliphatic heterocycles. The van der Waals surface area contributed by atoms with Gasteiger partial charge in [0.05, 0.1) is 5.69 Å². The third kappa shape index (κ3) is 3.33. The number of hydrogen-bond acceptors (Lipinski definition) is 1. The molecule has 0 amide bonds. The Morgan fingerprint density at radius 1 is 1.21 bits per heavy atom. The van der Waals surface area contributed by atoms with Crippen molar-refractivity contribution in [3.8, 4) is 0 Å². The summed E-state index contributed by atoms with van der Waals surface area (Å²) in [5.74, 6) is 0. The minimum atomic E-state index is 1.07. The molecule has 1 aromatic carbocycles. The third-order valence-corrected chi connectivity index (χ3v) is 2.42. The van der Waals surface area contributed by atoms with Crippen molar-refractivity contribution >= 4 is 11.9 Å². The van der Waals surface area contributed by atoms with E-state index in [-0.39, 0.29) is 0 Å². The average Bonchev–Trinajstić information content (AvgIpc) is 2.18. The Kier molecular flexibility index (Phi) is 4.37. The summed E-state index contributed by atoms with van der Waals surface area (Å²) in [7, 11) is 0. The lowest BCUT2D eigenvalue weighted by molar-refractivity contribution is 0.842. The summed E-state index contributed by atoms with van der Waals surface area (Å²) < 4.78 is 0. The number of aliphatic imine (C=N–C) groups is 1. The lowest BCUT2D eigenvalue weighted by Crippen LogP contribution is -1.79. The van der Waals surface area contributed by atoms with Crippen molar-refractivity contribution in [3.05, 3.63) is 29.3 Å². The number of hydrogen-bond donors (Lipinski definition) is 0. The van der Waals surface area contributed by atoms with Crippen molar-refractivity contribution in [2.24, 2.45) is 4.99 Å². The predicted molar refractivity (Wildman–Crippen MR) is 63.6 cm³/mol. The Morgan fingerprint density at radius 2 is 2.00 bits per heavy atom. The first-order valence-corrected chi connectivity index (χ1v) is 5.34. The average molecular weight is 189 g/mol. The highest BCUT2D eigenvalue weighted by atomic mass is 14.7. The fourth-order valence-corrected chi connectivity index (χ4v) is 1.27. The van der Waals surface area contributed by atoms with Crippen LogP contribution in [0.1, 0.15) is 37.3 Å². The molecule has 0 fully saturated rings. The molecule has 1 heteroatoms. The zero-order valence-corrected chi connectivity index (χ0v) is 9.38. The van der Waals surface area contributed by atoms with E-state index >= 15 is 0 Å². The van der Waals surface area contributed by atoms with Crippen LogP contribution in [-0.4, -0.2) is 6.21 Å². The summed E-state index contributed by atoms with van der Waals surface area (Å²) in [4.78, 5) is 4.42. The second kappa shape index (κ2) is 5.58. The molecule has 76 valence electrons. The highest BCUT2D eigenvalue weighted by molar-refractivity contribution is 5.63. The van der Waals surface area contributed by atoms with E-state index in [1.165, 1.54) is 24.0 Å². The minimum absolute atomic E-state index is 1.07. The number of unbranched alkanes of at least 4 members (excludes halogenated alkanes) is 2. The van der Waals surface area contributed by atoms with Gasteiger partial charge in [-0.2, -0.15) is 0 Å². The summed E-state index contributed by atoms with van der Waals surface area (Å²) in [6.07, 6.45) is 5.57. The summed E-state index contributed by atoms with van der Waals surface area (Å²) in [6, 6.07) is 6.34. The number of rotatable bonds is 4. The first-order chi connectivity index (χ1) is 6.74. The van der Waals surface area contributed by atoms with Gasteiger partial charge in [0.15, 0.2) is 0 Å². The quantitative estimate of drug-likeness (QED) is 0.497. The fraction of sp³-hybridized carbons (Fsp3) is 0.462. The number of aryl methyl sites for hydroxylation is 2. The molecule has 0 spiro atoms. The molecule has 0 saturated carbocycles. The van der Waals surface area contributed by atoms with Gasteiger partial charge >= 0.3 is 0 Å². The van der Waals surface area contributed by atoms with Gasteiger partial charge in [0.1, 0.15) is 0 Å². The first-order valence-electron chi connectivity index (χ1n) is 5.34. The maximum absolute atomic E-state index is 4.42. The van der Waals surface area contributed by atoms with Gasteiger partial charge in [-0.3, -0.25) is 4.99 Å². The normalized spacial score (nSPS) is 11.1. The molecular formula is C13H19N. The molecule has 1 nitrogen and oxygen atoms in total. The summed E-state index contributed by atoms with van der Waals surface area (Å²) in [6.45, 7) is 6.45. The predicted octanol–water partition coefficient (Wildman–Crippen LogP) is 4.20. The van der Waals surface area contributed by atoms with Crippen molar-refractivity contribution in [1.82, 2.24) is 0 Å². The van der Waals surface area contributed by atoms with E-state index in [1.807, 2.05) is 6.21 Å². The van der Waals surface area contributed by atoms with Crippen LogP contribution >= 0.6 is 0 Å². The van der Waals surface area contributed by atoms with E-state index in [1.54, 1.807) is 0 Å². The maximum Gasteiger partial charge on any atom is 0.0628 e. The Balaban J connectivity index is 2.59. The van der Waals surface area contributed by atoms with Crippen molar-refractivity contribution in [1.29, 1.82) is 0 Å². The van der Waals surface area contributed by atoms with Crippen LogP contribution in [0.25, 0.3) is 0 Å². The molecule has 0 aliphatic carbocycles. The topological polar surface area (TPSA) is 12.4 Å². The Labute approximate surface area is 86.9 Å². The van der Waals surface area contributed by atoms with Crippen molar-refractivity contribution < 1.29 is 0 Å². The van der Waals surface area contributed by atoms with Crippen LogP contribution in [0, 0.1) is 13.8 Å². The van der Waals surface area contributed by atoms with Gasteiger partial charge in [-0.25, -0.2) is 0 Å². The molecule has 0 N–H and O–H groups in total. The van der Waals surface area contributed by atoms with E-state index in [0.717, 1.165) is 12.1 Å². The molecular weight excluding hydrogens is 170 g/mol. The highest BCUT2D eigenvalue weighted by Gasteiger charge is 1.92. The van der Waals surface area contributed by atoms with E-state index in [2.05, 4.69) is 44.0 Å². The molecule has 1 rings (SSSR count). The van der Waals surface area contributed by atoms with Gasteiger partial charge in [0.2, 0.25) is 0 Å². The Bertz CT molecular complexity index is 313. The summed E-state index contributed by atoms with van der Waals surface area (Å²) >= 11 is 0. The van der Waals surface area contributed by atoms with Crippen LogP contribution in [0.2, 0.25) is 0 Å². The monoisotopic (exact) mass is 189 g/mol. The maximum atomic E-state index is 4.42. The standard InChI is InChI=1S/C13H19N/c1-4-5-6-9-14-13-8-7-11(2)12(3)10-13/h7-10H,4-6H2,1-3H3. The number of nitrogens with zero attached hydrogens (tertiary/aromatic N) is 1. The smallest absolute Gasteiger partial charge is 0.0628 e. The molecule has 0 heterocycles. The van der Waals surface area contributed by atoms with Gasteiger partial charge in [-0.15, -0.1) is 0 Å². The zero-order valence-electron chi connectivity index (χ0n) is 9.38. The lowest BCUT2D eigenvalue weighted by atomic mass is 10.1. The second-order valence-electron chi connectivity index (χ2n) is 3.72. The van der Waals surface area contributed by atoms with Gasteiger partial charge in [0, 0.05) is 6.21 Å². The molecule has 0 aliphatic rings. The van der Waals surface area contributed by atoms with Gasteiger partial charge in [-0.1, -0.05) is 19.4 Å². The van der Waals surface area contributed by atoms with E-state index < -0.39 is 0 Å². The van der Waals surface area contributed by atoms with Gasteiger partial charge in [-0.05, 0) is 49.9 Å². The molecule has 0 bridgehead atoms. The van der Waals surface area contributed by atoms with Crippen LogP contribution in [0.15, 0.2) is 23.2 Å². The van der Waals surface area contributed by atoms with E-state index in [4.69, 9.17) is 0 Å². The summed E-state index contributed by atoms with van der Waals surface area (Å²) in [5, 5.41) is 0. The third-order valence-electron chi connectivity index (χ3n) is 2.42. The molecule has 0 atom stereocenters. The highest BCUT2D eigenvalue weighted by Crippen LogP contribution is 2.16. The number of benzene rings is 1. The van der Waals surface area contributed by atoms with Gasteiger partial charge < -0.3 is 0 Å². The van der Waals surface area contributed by atoms with Gasteiger partial charge in [0.25, 0.3) is 0 Å². The molecule has 0 saturated heterocycles. The Morgan fingerprint density at radius 3 is 2.64 bits per heavy atom. The molecule has 0 radical (unpaired) electrons. The minimum Gasteiger partial charge on any atom is -0.261 e. The van der Waals surface area contributed by atoms with E-state index in [9.17, 15) is 0 Å². The first kappa shape index (κ1) is 11.0. The van der Waals surface area contributed by atoms with Crippen molar-refractivity contribution in [2.45, 2.75) is 40.0 Å². The van der Waals surface area contributed by atoms with Crippen LogP contribution in [0.5, 0.6) is 0 Å². The summed E-state index contributed by atoms with van der Waals surface area (Å²) in [5.41, 5.74) is 3.72. The zero-order chi connectivity index (χ0) is 10.4. The molecule has 0 aromatic heterocycles. The van der Waals surface area contributed by atoms with Crippen LogP contribution in [-0.2, 0) is 0 Å². The lowest BCUT2D eigenvalue weighted by Gasteiger charge is -2.00.